The van der Waals surface area contributed by atoms with Crippen molar-refractivity contribution in [2.75, 3.05) is 37.4 Å². The molecular weight excluding hydrogens is 458 g/mol. The van der Waals surface area contributed by atoms with Gasteiger partial charge in [0.25, 0.3) is 0 Å². The fourth-order valence-electron chi connectivity index (χ4n) is 5.02. The molecule has 9 heteroatoms. The number of hydrogen-bond donors (Lipinski definition) is 2. The number of amides is 3. The van der Waals surface area contributed by atoms with E-state index in [1.165, 1.54) is 0 Å². The van der Waals surface area contributed by atoms with Crippen LogP contribution in [-0.4, -0.2) is 53.4 Å². The lowest BCUT2D eigenvalue weighted by molar-refractivity contribution is -0.118. The number of methoxy groups -OCH3 is 1. The lowest BCUT2D eigenvalue weighted by Crippen LogP contribution is -2.46. The Labute approximate surface area is 210 Å². The van der Waals surface area contributed by atoms with Crippen molar-refractivity contribution in [1.29, 1.82) is 0 Å². The third kappa shape index (κ3) is 5.30. The summed E-state index contributed by atoms with van der Waals surface area (Å²) in [4.78, 5) is 27.7. The average molecular weight is 490 g/mol. The van der Waals surface area contributed by atoms with Gasteiger partial charge in [-0.25, -0.2) is 4.79 Å². The number of anilines is 2. The Balaban J connectivity index is 1.27. The number of ether oxygens (including phenoxy) is 2. The number of carbonyl (C=O) groups is 2. The van der Waals surface area contributed by atoms with Gasteiger partial charge in [-0.1, -0.05) is 12.1 Å². The smallest absolute Gasteiger partial charge is 0.321 e. The van der Waals surface area contributed by atoms with E-state index in [-0.39, 0.29) is 23.8 Å². The minimum Gasteiger partial charge on any atom is -0.497 e. The summed E-state index contributed by atoms with van der Waals surface area (Å²) in [6, 6.07) is 13.0. The Hall–Kier alpha value is -4.01. The van der Waals surface area contributed by atoms with Crippen LogP contribution in [0.3, 0.4) is 0 Å². The van der Waals surface area contributed by atoms with Gasteiger partial charge in [-0.2, -0.15) is 5.10 Å². The number of urea groups is 1. The van der Waals surface area contributed by atoms with Crippen molar-refractivity contribution in [2.24, 2.45) is 18.9 Å². The van der Waals surface area contributed by atoms with Crippen LogP contribution >= 0.6 is 0 Å². The lowest BCUT2D eigenvalue weighted by atomic mass is 9.81. The van der Waals surface area contributed by atoms with E-state index < -0.39 is 0 Å². The van der Waals surface area contributed by atoms with Crippen molar-refractivity contribution in [3.05, 3.63) is 54.9 Å². The maximum Gasteiger partial charge on any atom is 0.321 e. The van der Waals surface area contributed by atoms with Gasteiger partial charge in [-0.05, 0) is 54.5 Å². The molecule has 0 bridgehead atoms. The number of rotatable bonds is 3. The molecule has 1 aromatic heterocycles. The molecule has 1 saturated heterocycles. The number of hydrogen-bond acceptors (Lipinski definition) is 5. The molecule has 3 aromatic rings. The standard InChI is InChI=1S/C27H31N5O4/c1-31-16-21(15-28-31)18-6-7-24-25(12-18)36-11-9-20-17-32(10-8-19(20)13-26(33)30-24)27(34)29-22-4-3-5-23(14-22)35-2/h3-7,12,14-16,19-20H,8-11,13,17H2,1-2H3,(H,29,34)(H,30,33)/t19-,20-/m0/s1. The topological polar surface area (TPSA) is 97.7 Å². The number of aryl methyl sites for hydroxylation is 1. The molecule has 2 atom stereocenters. The van der Waals surface area contributed by atoms with E-state index in [1.54, 1.807) is 24.1 Å². The number of nitrogens with one attached hydrogen (secondary N) is 2. The summed E-state index contributed by atoms with van der Waals surface area (Å²) in [6.07, 6.45) is 5.71. The first kappa shape index (κ1) is 23.7. The van der Waals surface area contributed by atoms with Crippen LogP contribution in [0.5, 0.6) is 11.5 Å². The number of piperidine rings is 1. The van der Waals surface area contributed by atoms with Crippen molar-refractivity contribution >= 4 is 23.3 Å². The number of aromatic nitrogens is 2. The molecule has 0 saturated carbocycles. The van der Waals surface area contributed by atoms with E-state index in [1.807, 2.05) is 54.5 Å². The Morgan fingerprint density at radius 1 is 1.17 bits per heavy atom. The van der Waals surface area contributed by atoms with Crippen LogP contribution in [0.15, 0.2) is 54.9 Å². The van der Waals surface area contributed by atoms with Crippen molar-refractivity contribution in [1.82, 2.24) is 14.7 Å². The summed E-state index contributed by atoms with van der Waals surface area (Å²) in [5, 5.41) is 10.2. The fraction of sp³-hybridized carbons (Fsp3) is 0.370. The molecular formula is C27H31N5O4. The predicted molar refractivity (Wildman–Crippen MR) is 137 cm³/mol. The van der Waals surface area contributed by atoms with E-state index in [2.05, 4.69) is 15.7 Å². The third-order valence-electron chi connectivity index (χ3n) is 6.99. The van der Waals surface area contributed by atoms with Gasteiger partial charge in [0.05, 0.1) is 25.6 Å². The summed E-state index contributed by atoms with van der Waals surface area (Å²) < 4.78 is 13.2. The van der Waals surface area contributed by atoms with Crippen LogP contribution in [0.2, 0.25) is 0 Å². The van der Waals surface area contributed by atoms with Crippen LogP contribution in [-0.2, 0) is 11.8 Å². The van der Waals surface area contributed by atoms with Gasteiger partial charge in [-0.3, -0.25) is 9.48 Å². The fourth-order valence-corrected chi connectivity index (χ4v) is 5.02. The number of likely N-dealkylation sites (tertiary alicyclic amines) is 1. The molecule has 2 N–H and O–H groups in total. The van der Waals surface area contributed by atoms with Gasteiger partial charge < -0.3 is 25.0 Å². The van der Waals surface area contributed by atoms with Gasteiger partial charge in [0.2, 0.25) is 5.91 Å². The lowest BCUT2D eigenvalue weighted by Gasteiger charge is -2.39. The third-order valence-corrected chi connectivity index (χ3v) is 6.99. The van der Waals surface area contributed by atoms with Crippen molar-refractivity contribution < 1.29 is 19.1 Å². The number of nitrogens with zero attached hydrogens (tertiary/aromatic N) is 3. The SMILES string of the molecule is COc1cccc(NC(=O)N2CC[C@H]3CC(=O)Nc4ccc(-c5cnn(C)c5)cc4OCC[C@H]3C2)c1. The van der Waals surface area contributed by atoms with Crippen LogP contribution in [0.1, 0.15) is 19.3 Å². The van der Waals surface area contributed by atoms with Crippen molar-refractivity contribution in [2.45, 2.75) is 19.3 Å². The quantitative estimate of drug-likeness (QED) is 0.569. The largest absolute Gasteiger partial charge is 0.497 e. The first-order chi connectivity index (χ1) is 17.5. The molecule has 3 amide bonds. The van der Waals surface area contributed by atoms with Crippen LogP contribution < -0.4 is 20.1 Å². The predicted octanol–water partition coefficient (Wildman–Crippen LogP) is 4.38. The molecule has 0 unspecified atom stereocenters. The summed E-state index contributed by atoms with van der Waals surface area (Å²) in [7, 11) is 3.48. The van der Waals surface area contributed by atoms with E-state index in [0.29, 0.717) is 49.0 Å². The van der Waals surface area contributed by atoms with E-state index in [4.69, 9.17) is 9.47 Å². The van der Waals surface area contributed by atoms with Crippen LogP contribution in [0, 0.1) is 11.8 Å². The molecule has 36 heavy (non-hydrogen) atoms. The monoisotopic (exact) mass is 489 g/mol. The minimum absolute atomic E-state index is 0.0276. The van der Waals surface area contributed by atoms with Gasteiger partial charge in [0, 0.05) is 50.1 Å². The van der Waals surface area contributed by atoms with Gasteiger partial charge in [0.1, 0.15) is 11.5 Å². The molecule has 3 heterocycles. The molecule has 9 nitrogen and oxygen atoms in total. The zero-order valence-corrected chi connectivity index (χ0v) is 20.6. The number of carbonyl (C=O) groups excluding carboxylic acids is 2. The maximum atomic E-state index is 13.0. The first-order valence-corrected chi connectivity index (χ1v) is 12.2. The molecule has 2 aromatic carbocycles. The summed E-state index contributed by atoms with van der Waals surface area (Å²) >= 11 is 0. The zero-order chi connectivity index (χ0) is 25.1. The second-order valence-corrected chi connectivity index (χ2v) is 9.42. The summed E-state index contributed by atoms with van der Waals surface area (Å²) in [5.74, 6) is 1.68. The Morgan fingerprint density at radius 2 is 2.06 bits per heavy atom. The normalized spacial score (nSPS) is 19.8. The highest BCUT2D eigenvalue weighted by atomic mass is 16.5. The van der Waals surface area contributed by atoms with Gasteiger partial charge in [-0.15, -0.1) is 0 Å². The second kappa shape index (κ2) is 10.3. The Morgan fingerprint density at radius 3 is 2.86 bits per heavy atom. The minimum atomic E-state index is -0.143. The highest BCUT2D eigenvalue weighted by molar-refractivity contribution is 5.93. The molecule has 0 aliphatic carbocycles. The average Bonchev–Trinajstić information content (AvgIpc) is 3.32. The molecule has 5 rings (SSSR count). The Kier molecular flexibility index (Phi) is 6.79. The second-order valence-electron chi connectivity index (χ2n) is 9.42. The number of fused-ring (bicyclic) bond motifs is 2. The van der Waals surface area contributed by atoms with Crippen LogP contribution in [0.4, 0.5) is 16.2 Å². The van der Waals surface area contributed by atoms with E-state index >= 15 is 0 Å². The zero-order valence-electron chi connectivity index (χ0n) is 20.6. The molecule has 188 valence electrons. The molecule has 2 aliphatic rings. The Bertz CT molecular complexity index is 1260. The molecule has 0 spiro atoms. The highest BCUT2D eigenvalue weighted by Crippen LogP contribution is 2.35. The molecule has 0 radical (unpaired) electrons. The van der Waals surface area contributed by atoms with Crippen molar-refractivity contribution in [3.8, 4) is 22.6 Å². The summed E-state index contributed by atoms with van der Waals surface area (Å²) in [6.45, 7) is 1.70. The molecule has 2 aliphatic heterocycles. The van der Waals surface area contributed by atoms with Crippen molar-refractivity contribution in [3.63, 3.8) is 0 Å². The van der Waals surface area contributed by atoms with Crippen LogP contribution in [0.25, 0.3) is 11.1 Å². The van der Waals surface area contributed by atoms with Gasteiger partial charge in [0.15, 0.2) is 0 Å². The first-order valence-electron chi connectivity index (χ1n) is 12.2. The van der Waals surface area contributed by atoms with Gasteiger partial charge >= 0.3 is 6.03 Å². The summed E-state index contributed by atoms with van der Waals surface area (Å²) in [5.41, 5.74) is 3.33. The molecule has 1 fully saturated rings. The number of benzene rings is 2. The van der Waals surface area contributed by atoms with E-state index in [9.17, 15) is 9.59 Å². The van der Waals surface area contributed by atoms with E-state index in [0.717, 1.165) is 24.0 Å². The highest BCUT2D eigenvalue weighted by Gasteiger charge is 2.33. The maximum absolute atomic E-state index is 13.0.